The van der Waals surface area contributed by atoms with Gasteiger partial charge in [0.1, 0.15) is 16.9 Å². The standard InChI is InChI=1S/C21H19N5O2S/c1-26-18-13(8-5-9-22-18)14-11-15(14)17(21(26)28)23-19(27)20-25-24-16(29-20)10-12-6-3-2-4-7-12/h2-9,14-15,17H,10-11H2,1H3,(H,23,27)/t14-,15?,17-/m1/s1. The van der Waals surface area contributed by atoms with E-state index in [2.05, 4.69) is 20.5 Å². The summed E-state index contributed by atoms with van der Waals surface area (Å²) in [6, 6.07) is 13.3. The SMILES string of the molecule is CN1C(=O)[C@H](NC(=O)c2nnc(Cc3ccccc3)s2)C2C[C@@H]2c2cccnc21. The van der Waals surface area contributed by atoms with Crippen molar-refractivity contribution in [1.29, 1.82) is 0 Å². The highest BCUT2D eigenvalue weighted by Gasteiger charge is 2.52. The minimum Gasteiger partial charge on any atom is -0.338 e. The number of benzene rings is 1. The van der Waals surface area contributed by atoms with Crippen molar-refractivity contribution in [2.75, 3.05) is 11.9 Å². The number of nitrogens with one attached hydrogen (secondary N) is 1. The lowest BCUT2D eigenvalue weighted by atomic mass is 10.1. The molecule has 1 aliphatic heterocycles. The van der Waals surface area contributed by atoms with Gasteiger partial charge in [-0.1, -0.05) is 47.7 Å². The third-order valence-electron chi connectivity index (χ3n) is 5.54. The molecule has 2 aliphatic rings. The summed E-state index contributed by atoms with van der Waals surface area (Å²) in [7, 11) is 1.71. The van der Waals surface area contributed by atoms with E-state index >= 15 is 0 Å². The van der Waals surface area contributed by atoms with Crippen LogP contribution in [0, 0.1) is 5.92 Å². The zero-order valence-corrected chi connectivity index (χ0v) is 16.6. The van der Waals surface area contributed by atoms with Crippen molar-refractivity contribution in [2.45, 2.75) is 24.8 Å². The molecule has 1 N–H and O–H groups in total. The van der Waals surface area contributed by atoms with Crippen molar-refractivity contribution in [2.24, 2.45) is 5.92 Å². The topological polar surface area (TPSA) is 88.1 Å². The molecule has 146 valence electrons. The van der Waals surface area contributed by atoms with Gasteiger partial charge in [-0.05, 0) is 35.4 Å². The Hall–Kier alpha value is -3.13. The molecule has 0 bridgehead atoms. The number of carbonyl (C=O) groups excluding carboxylic acids is 2. The molecule has 0 saturated heterocycles. The van der Waals surface area contributed by atoms with Gasteiger partial charge in [0.25, 0.3) is 11.8 Å². The van der Waals surface area contributed by atoms with Gasteiger partial charge in [0.2, 0.25) is 5.01 Å². The molecule has 3 aromatic rings. The molecule has 0 radical (unpaired) electrons. The number of carbonyl (C=O) groups is 2. The van der Waals surface area contributed by atoms with Crippen molar-refractivity contribution in [3.05, 3.63) is 69.8 Å². The second-order valence-electron chi connectivity index (χ2n) is 7.43. The smallest absolute Gasteiger partial charge is 0.282 e. The zero-order chi connectivity index (χ0) is 20.0. The van der Waals surface area contributed by atoms with E-state index in [1.54, 1.807) is 18.1 Å². The van der Waals surface area contributed by atoms with Gasteiger partial charge in [-0.3, -0.25) is 14.5 Å². The van der Waals surface area contributed by atoms with E-state index in [-0.39, 0.29) is 28.7 Å². The van der Waals surface area contributed by atoms with E-state index < -0.39 is 6.04 Å². The number of hydrogen-bond donors (Lipinski definition) is 1. The second kappa shape index (κ2) is 7.04. The first-order chi connectivity index (χ1) is 14.1. The van der Waals surface area contributed by atoms with Crippen LogP contribution >= 0.6 is 11.3 Å². The molecule has 2 aromatic heterocycles. The fraction of sp³-hybridized carbons (Fsp3) is 0.286. The van der Waals surface area contributed by atoms with E-state index in [0.717, 1.165) is 22.6 Å². The summed E-state index contributed by atoms with van der Waals surface area (Å²) < 4.78 is 0. The molecule has 2 amide bonds. The average molecular weight is 405 g/mol. The number of amides is 2. The van der Waals surface area contributed by atoms with Gasteiger partial charge in [0, 0.05) is 19.7 Å². The Morgan fingerprint density at radius 3 is 2.86 bits per heavy atom. The highest BCUT2D eigenvalue weighted by molar-refractivity contribution is 7.13. The summed E-state index contributed by atoms with van der Waals surface area (Å²) in [6.07, 6.45) is 3.19. The van der Waals surface area contributed by atoms with Crippen LogP contribution in [0.15, 0.2) is 48.7 Å². The van der Waals surface area contributed by atoms with Gasteiger partial charge in [-0.25, -0.2) is 4.98 Å². The molecule has 1 saturated carbocycles. The van der Waals surface area contributed by atoms with Crippen molar-refractivity contribution in [3.63, 3.8) is 0 Å². The molecular formula is C21H19N5O2S. The lowest BCUT2D eigenvalue weighted by Gasteiger charge is -2.22. The lowest BCUT2D eigenvalue weighted by molar-refractivity contribution is -0.120. The van der Waals surface area contributed by atoms with Gasteiger partial charge >= 0.3 is 0 Å². The van der Waals surface area contributed by atoms with E-state index in [1.807, 2.05) is 42.5 Å². The fourth-order valence-corrected chi connectivity index (χ4v) is 4.75. The lowest BCUT2D eigenvalue weighted by Crippen LogP contribution is -2.48. The molecule has 0 spiro atoms. The maximum Gasteiger partial charge on any atom is 0.282 e. The molecule has 5 rings (SSSR count). The van der Waals surface area contributed by atoms with E-state index in [0.29, 0.717) is 12.2 Å². The number of nitrogens with zero attached hydrogens (tertiary/aromatic N) is 4. The number of fused-ring (bicyclic) bond motifs is 3. The van der Waals surface area contributed by atoms with Crippen molar-refractivity contribution in [1.82, 2.24) is 20.5 Å². The van der Waals surface area contributed by atoms with Crippen LogP contribution in [-0.2, 0) is 11.2 Å². The number of likely N-dealkylation sites (N-methyl/N-ethyl adjacent to an activating group) is 1. The number of rotatable bonds is 4. The zero-order valence-electron chi connectivity index (χ0n) is 15.8. The van der Waals surface area contributed by atoms with Crippen LogP contribution in [0.3, 0.4) is 0 Å². The Balaban J connectivity index is 1.32. The summed E-state index contributed by atoms with van der Waals surface area (Å²) in [5.74, 6) is 0.537. The van der Waals surface area contributed by atoms with Gasteiger partial charge in [0.05, 0.1) is 0 Å². The van der Waals surface area contributed by atoms with Gasteiger partial charge in [-0.15, -0.1) is 10.2 Å². The summed E-state index contributed by atoms with van der Waals surface area (Å²) in [5.41, 5.74) is 2.19. The van der Waals surface area contributed by atoms with Crippen LogP contribution in [0.25, 0.3) is 0 Å². The quantitative estimate of drug-likeness (QED) is 0.720. The third kappa shape index (κ3) is 3.29. The number of pyridine rings is 1. The summed E-state index contributed by atoms with van der Waals surface area (Å²) in [5, 5.41) is 12.1. The van der Waals surface area contributed by atoms with E-state index in [9.17, 15) is 9.59 Å². The molecule has 1 aromatic carbocycles. The van der Waals surface area contributed by atoms with E-state index in [4.69, 9.17) is 0 Å². The number of hydrogen-bond acceptors (Lipinski definition) is 6. The molecule has 3 atom stereocenters. The maximum absolute atomic E-state index is 13.0. The fourth-order valence-electron chi connectivity index (χ4n) is 3.97. The molecule has 7 nitrogen and oxygen atoms in total. The summed E-state index contributed by atoms with van der Waals surface area (Å²) in [6.45, 7) is 0. The van der Waals surface area contributed by atoms with E-state index in [1.165, 1.54) is 11.3 Å². The Morgan fingerprint density at radius 1 is 1.21 bits per heavy atom. The Bertz CT molecular complexity index is 1080. The molecule has 3 heterocycles. The largest absolute Gasteiger partial charge is 0.338 e. The van der Waals surface area contributed by atoms with Crippen LogP contribution in [0.1, 0.15) is 38.3 Å². The van der Waals surface area contributed by atoms with Gasteiger partial charge in [-0.2, -0.15) is 0 Å². The van der Waals surface area contributed by atoms with Crippen LogP contribution in [-0.4, -0.2) is 40.1 Å². The van der Waals surface area contributed by atoms with Crippen LogP contribution in [0.2, 0.25) is 0 Å². The molecule has 29 heavy (non-hydrogen) atoms. The van der Waals surface area contributed by atoms with Gasteiger partial charge < -0.3 is 5.32 Å². The van der Waals surface area contributed by atoms with Crippen LogP contribution in [0.4, 0.5) is 5.82 Å². The van der Waals surface area contributed by atoms with Crippen LogP contribution in [0.5, 0.6) is 0 Å². The predicted molar refractivity (Wildman–Crippen MR) is 109 cm³/mol. The van der Waals surface area contributed by atoms with Crippen LogP contribution < -0.4 is 10.2 Å². The summed E-state index contributed by atoms with van der Waals surface area (Å²) in [4.78, 5) is 31.7. The Morgan fingerprint density at radius 2 is 2.03 bits per heavy atom. The summed E-state index contributed by atoms with van der Waals surface area (Å²) >= 11 is 1.26. The Kier molecular flexibility index (Phi) is 4.35. The maximum atomic E-state index is 13.0. The highest BCUT2D eigenvalue weighted by atomic mass is 32.1. The average Bonchev–Trinajstić information content (AvgIpc) is 3.41. The highest BCUT2D eigenvalue weighted by Crippen LogP contribution is 2.53. The van der Waals surface area contributed by atoms with Gasteiger partial charge in [0.15, 0.2) is 0 Å². The Labute approximate surface area is 171 Å². The monoisotopic (exact) mass is 405 g/mol. The van der Waals surface area contributed by atoms with Crippen molar-refractivity contribution >= 4 is 29.0 Å². The van der Waals surface area contributed by atoms with Crippen molar-refractivity contribution < 1.29 is 9.59 Å². The first kappa shape index (κ1) is 17.9. The first-order valence-corrected chi connectivity index (χ1v) is 10.3. The first-order valence-electron chi connectivity index (χ1n) is 9.51. The number of anilines is 1. The predicted octanol–water partition coefficient (Wildman–Crippen LogP) is 2.40. The molecule has 1 unspecified atom stereocenters. The minimum absolute atomic E-state index is 0.0936. The molecule has 8 heteroatoms. The number of aromatic nitrogens is 3. The molecule has 1 fully saturated rings. The molecule has 1 aliphatic carbocycles. The minimum atomic E-state index is -0.576. The normalized spacial score (nSPS) is 22.4. The molecular weight excluding hydrogens is 386 g/mol. The van der Waals surface area contributed by atoms with Crippen molar-refractivity contribution in [3.8, 4) is 0 Å². The third-order valence-corrected chi connectivity index (χ3v) is 6.47. The second-order valence-corrected chi connectivity index (χ2v) is 8.50.